The Balaban J connectivity index is 2.29. The van der Waals surface area contributed by atoms with Gasteiger partial charge in [0.15, 0.2) is 11.5 Å². The third-order valence-corrected chi connectivity index (χ3v) is 3.43. The van der Waals surface area contributed by atoms with Gasteiger partial charge in [0.2, 0.25) is 0 Å². The highest BCUT2D eigenvalue weighted by Gasteiger charge is 2.23. The molecule has 0 radical (unpaired) electrons. The Hall–Kier alpha value is -1.42. The van der Waals surface area contributed by atoms with E-state index in [1.165, 1.54) is 5.69 Å². The number of hydrogen-bond donors (Lipinski definition) is 0. The van der Waals surface area contributed by atoms with Crippen molar-refractivity contribution < 1.29 is 14.2 Å². The van der Waals surface area contributed by atoms with Crippen LogP contribution in [-0.2, 0) is 11.3 Å². The minimum Gasteiger partial charge on any atom is -0.493 e. The third kappa shape index (κ3) is 2.95. The summed E-state index contributed by atoms with van der Waals surface area (Å²) in [6, 6.07) is 4.06. The summed E-state index contributed by atoms with van der Waals surface area (Å²) in [7, 11) is 3.33. The predicted molar refractivity (Wildman–Crippen MR) is 76.0 cm³/mol. The van der Waals surface area contributed by atoms with Crippen molar-refractivity contribution in [3.8, 4) is 11.5 Å². The molecule has 19 heavy (non-hydrogen) atoms. The Morgan fingerprint density at radius 1 is 1.26 bits per heavy atom. The van der Waals surface area contributed by atoms with Gasteiger partial charge in [-0.3, -0.25) is 0 Å². The molecule has 0 bridgehead atoms. The summed E-state index contributed by atoms with van der Waals surface area (Å²) < 4.78 is 16.5. The summed E-state index contributed by atoms with van der Waals surface area (Å²) >= 11 is 0. The molecule has 0 saturated heterocycles. The second-order valence-corrected chi connectivity index (χ2v) is 5.22. The Bertz CT molecular complexity index is 432. The molecule has 0 unspecified atom stereocenters. The lowest BCUT2D eigenvalue weighted by molar-refractivity contribution is 0.107. The van der Waals surface area contributed by atoms with Crippen LogP contribution in [0.3, 0.4) is 0 Å². The first-order valence-corrected chi connectivity index (χ1v) is 6.74. The summed E-state index contributed by atoms with van der Waals surface area (Å²) in [5, 5.41) is 0. The van der Waals surface area contributed by atoms with Crippen LogP contribution in [0.5, 0.6) is 11.5 Å². The molecule has 0 saturated carbocycles. The molecular formula is C15H23NO3. The fraction of sp³-hybridized carbons (Fsp3) is 0.600. The number of hydrogen-bond acceptors (Lipinski definition) is 4. The van der Waals surface area contributed by atoms with Gasteiger partial charge in [-0.05, 0) is 24.5 Å². The van der Waals surface area contributed by atoms with Gasteiger partial charge >= 0.3 is 0 Å². The average molecular weight is 265 g/mol. The molecule has 1 aliphatic heterocycles. The van der Waals surface area contributed by atoms with Crippen molar-refractivity contribution in [3.63, 3.8) is 0 Å². The highest BCUT2D eigenvalue weighted by Crippen LogP contribution is 2.40. The molecule has 4 heteroatoms. The fourth-order valence-electron chi connectivity index (χ4n) is 2.34. The van der Waals surface area contributed by atoms with Gasteiger partial charge in [0, 0.05) is 17.8 Å². The smallest absolute Gasteiger partial charge is 0.168 e. The van der Waals surface area contributed by atoms with Crippen LogP contribution in [0.1, 0.15) is 25.8 Å². The number of ether oxygens (including phenoxy) is 3. The van der Waals surface area contributed by atoms with E-state index in [0.29, 0.717) is 19.3 Å². The van der Waals surface area contributed by atoms with E-state index in [9.17, 15) is 0 Å². The van der Waals surface area contributed by atoms with Gasteiger partial charge < -0.3 is 19.1 Å². The molecule has 2 rings (SSSR count). The van der Waals surface area contributed by atoms with E-state index < -0.39 is 0 Å². The Kier molecular flexibility index (Phi) is 4.53. The minimum atomic E-state index is 0.577. The Morgan fingerprint density at radius 2 is 2.05 bits per heavy atom. The zero-order valence-electron chi connectivity index (χ0n) is 12.2. The fourth-order valence-corrected chi connectivity index (χ4v) is 2.34. The molecule has 0 aliphatic carbocycles. The number of benzene rings is 1. The zero-order valence-corrected chi connectivity index (χ0v) is 12.2. The van der Waals surface area contributed by atoms with Crippen LogP contribution >= 0.6 is 0 Å². The summed E-state index contributed by atoms with van der Waals surface area (Å²) in [6.45, 7) is 6.70. The van der Waals surface area contributed by atoms with Crippen LogP contribution in [0.25, 0.3) is 0 Å². The first kappa shape index (κ1) is 14.0. The second-order valence-electron chi connectivity index (χ2n) is 5.22. The summed E-state index contributed by atoms with van der Waals surface area (Å²) in [4.78, 5) is 2.26. The van der Waals surface area contributed by atoms with Crippen molar-refractivity contribution in [1.29, 1.82) is 0 Å². The predicted octanol–water partition coefficient (Wildman–Crippen LogP) is 3.04. The van der Waals surface area contributed by atoms with Crippen LogP contribution in [0.2, 0.25) is 0 Å². The Morgan fingerprint density at radius 3 is 2.68 bits per heavy atom. The average Bonchev–Trinajstić information content (AvgIpc) is 2.43. The highest BCUT2D eigenvalue weighted by molar-refractivity contribution is 5.64. The van der Waals surface area contributed by atoms with Gasteiger partial charge in [0.05, 0.1) is 20.8 Å². The molecule has 4 nitrogen and oxygen atoms in total. The molecule has 1 heterocycles. The maximum absolute atomic E-state index is 5.67. The summed E-state index contributed by atoms with van der Waals surface area (Å²) in [5.74, 6) is 2.23. The van der Waals surface area contributed by atoms with Crippen molar-refractivity contribution in [2.45, 2.75) is 26.9 Å². The largest absolute Gasteiger partial charge is 0.493 e. The van der Waals surface area contributed by atoms with Crippen molar-refractivity contribution in [3.05, 3.63) is 17.7 Å². The van der Waals surface area contributed by atoms with Gasteiger partial charge in [0.1, 0.15) is 6.73 Å². The molecule has 0 amide bonds. The number of fused-ring (bicyclic) bond motifs is 1. The van der Waals surface area contributed by atoms with Gasteiger partial charge in [-0.2, -0.15) is 0 Å². The van der Waals surface area contributed by atoms with E-state index in [1.807, 2.05) is 6.07 Å². The normalized spacial score (nSPS) is 14.5. The second kappa shape index (κ2) is 6.15. The van der Waals surface area contributed by atoms with Crippen molar-refractivity contribution in [1.82, 2.24) is 0 Å². The summed E-state index contributed by atoms with van der Waals surface area (Å²) in [6.07, 6.45) is 1.15. The molecule has 1 aromatic rings. The lowest BCUT2D eigenvalue weighted by Crippen LogP contribution is -2.32. The maximum atomic E-state index is 5.67. The van der Waals surface area contributed by atoms with Crippen LogP contribution in [0.15, 0.2) is 12.1 Å². The molecule has 1 aromatic carbocycles. The SMILES string of the molecule is COc1ccc2c(c1OC)COCN2CCC(C)C. The van der Waals surface area contributed by atoms with E-state index >= 15 is 0 Å². The van der Waals surface area contributed by atoms with E-state index in [2.05, 4.69) is 24.8 Å². The van der Waals surface area contributed by atoms with Gasteiger partial charge in [0.25, 0.3) is 0 Å². The van der Waals surface area contributed by atoms with Crippen LogP contribution in [-0.4, -0.2) is 27.5 Å². The first-order valence-electron chi connectivity index (χ1n) is 6.74. The topological polar surface area (TPSA) is 30.9 Å². The number of rotatable bonds is 5. The van der Waals surface area contributed by atoms with Crippen LogP contribution < -0.4 is 14.4 Å². The van der Waals surface area contributed by atoms with E-state index in [0.717, 1.165) is 30.0 Å². The number of methoxy groups -OCH3 is 2. The monoisotopic (exact) mass is 265 g/mol. The molecule has 0 fully saturated rings. The maximum Gasteiger partial charge on any atom is 0.168 e. The lowest BCUT2D eigenvalue weighted by atomic mass is 10.1. The van der Waals surface area contributed by atoms with E-state index in [-0.39, 0.29) is 0 Å². The van der Waals surface area contributed by atoms with Crippen LogP contribution in [0, 0.1) is 5.92 Å². The van der Waals surface area contributed by atoms with Crippen molar-refractivity contribution in [2.24, 2.45) is 5.92 Å². The molecule has 0 N–H and O–H groups in total. The standard InChI is InChI=1S/C15H23NO3/c1-11(2)7-8-16-10-19-9-12-13(16)5-6-14(17-3)15(12)18-4/h5-6,11H,7-10H2,1-4H3. The molecule has 0 atom stereocenters. The van der Waals surface area contributed by atoms with Crippen molar-refractivity contribution >= 4 is 5.69 Å². The highest BCUT2D eigenvalue weighted by atomic mass is 16.5. The molecule has 106 valence electrons. The van der Waals surface area contributed by atoms with E-state index in [4.69, 9.17) is 14.2 Å². The quantitative estimate of drug-likeness (QED) is 0.818. The van der Waals surface area contributed by atoms with Crippen molar-refractivity contribution in [2.75, 3.05) is 32.4 Å². The molecule has 1 aliphatic rings. The number of nitrogens with zero attached hydrogens (tertiary/aromatic N) is 1. The first-order chi connectivity index (χ1) is 9.17. The molecule has 0 aromatic heterocycles. The van der Waals surface area contributed by atoms with Gasteiger partial charge in [-0.15, -0.1) is 0 Å². The summed E-state index contributed by atoms with van der Waals surface area (Å²) in [5.41, 5.74) is 2.28. The lowest BCUT2D eigenvalue weighted by Gasteiger charge is -2.32. The van der Waals surface area contributed by atoms with Gasteiger partial charge in [-0.1, -0.05) is 13.8 Å². The third-order valence-electron chi connectivity index (χ3n) is 3.43. The molecular weight excluding hydrogens is 242 g/mol. The number of anilines is 1. The minimum absolute atomic E-state index is 0.577. The van der Waals surface area contributed by atoms with Crippen LogP contribution in [0.4, 0.5) is 5.69 Å². The Labute approximate surface area is 115 Å². The molecule has 0 spiro atoms. The van der Waals surface area contributed by atoms with E-state index in [1.54, 1.807) is 14.2 Å². The van der Waals surface area contributed by atoms with Gasteiger partial charge in [-0.25, -0.2) is 0 Å². The zero-order chi connectivity index (χ0) is 13.8.